The molecule has 1 aromatic rings. The van der Waals surface area contributed by atoms with Crippen LogP contribution in [0.2, 0.25) is 0 Å². The summed E-state index contributed by atoms with van der Waals surface area (Å²) in [5, 5.41) is 10.1. The molecule has 1 aromatic carbocycles. The minimum Gasteiger partial charge on any atom is -0.385 e. The van der Waals surface area contributed by atoms with Gasteiger partial charge in [-0.2, -0.15) is 0 Å². The SMILES string of the molecule is C[C@H](COC[C@@H](O)C[NH+]1CC[NH+](C)CC1)c1ccccc1. The first-order valence-corrected chi connectivity index (χ1v) is 8.10. The van der Waals surface area contributed by atoms with Crippen LogP contribution in [0.25, 0.3) is 0 Å². The average molecular weight is 294 g/mol. The van der Waals surface area contributed by atoms with Gasteiger partial charge in [0.05, 0.1) is 20.3 Å². The van der Waals surface area contributed by atoms with Crippen molar-refractivity contribution in [1.29, 1.82) is 0 Å². The highest BCUT2D eigenvalue weighted by Gasteiger charge is 2.22. The summed E-state index contributed by atoms with van der Waals surface area (Å²) in [7, 11) is 2.24. The fourth-order valence-electron chi connectivity index (χ4n) is 2.89. The van der Waals surface area contributed by atoms with Crippen LogP contribution in [0.15, 0.2) is 30.3 Å². The van der Waals surface area contributed by atoms with Gasteiger partial charge in [-0.15, -0.1) is 0 Å². The number of hydrogen-bond donors (Lipinski definition) is 3. The Morgan fingerprint density at radius 1 is 1.10 bits per heavy atom. The molecule has 2 rings (SSSR count). The predicted molar refractivity (Wildman–Crippen MR) is 83.9 cm³/mol. The summed E-state index contributed by atoms with van der Waals surface area (Å²) in [4.78, 5) is 3.11. The fourth-order valence-corrected chi connectivity index (χ4v) is 2.89. The molecule has 4 nitrogen and oxygen atoms in total. The number of hydrogen-bond acceptors (Lipinski definition) is 2. The number of rotatable bonds is 7. The third-order valence-corrected chi connectivity index (χ3v) is 4.38. The lowest BCUT2D eigenvalue weighted by atomic mass is 10.0. The number of aliphatic hydroxyl groups is 1. The molecular weight excluding hydrogens is 264 g/mol. The number of likely N-dealkylation sites (N-methyl/N-ethyl adjacent to an activating group) is 1. The van der Waals surface area contributed by atoms with E-state index in [0.29, 0.717) is 19.1 Å². The maximum atomic E-state index is 10.1. The molecule has 1 saturated heterocycles. The summed E-state index contributed by atoms with van der Waals surface area (Å²) in [6, 6.07) is 10.4. The Balaban J connectivity index is 1.62. The van der Waals surface area contributed by atoms with Crippen molar-refractivity contribution in [2.45, 2.75) is 18.9 Å². The van der Waals surface area contributed by atoms with Crippen molar-refractivity contribution >= 4 is 0 Å². The quantitative estimate of drug-likeness (QED) is 0.578. The summed E-state index contributed by atoms with van der Waals surface area (Å²) in [5.41, 5.74) is 1.29. The zero-order valence-corrected chi connectivity index (χ0v) is 13.3. The maximum Gasteiger partial charge on any atom is 0.127 e. The van der Waals surface area contributed by atoms with E-state index in [2.05, 4.69) is 38.2 Å². The summed E-state index contributed by atoms with van der Waals surface area (Å²) in [6.45, 7) is 8.81. The molecule has 2 atom stereocenters. The predicted octanol–water partition coefficient (Wildman–Crippen LogP) is -1.42. The standard InChI is InChI=1S/C17H28N2O2/c1-15(16-6-4-3-5-7-16)13-21-14-17(20)12-19-10-8-18(2)9-11-19/h3-7,15,17,20H,8-14H2,1-2H3/p+2/t15-,17+/m1/s1. The molecule has 21 heavy (non-hydrogen) atoms. The van der Waals surface area contributed by atoms with Crippen LogP contribution >= 0.6 is 0 Å². The van der Waals surface area contributed by atoms with Crippen LogP contribution in [0.3, 0.4) is 0 Å². The van der Waals surface area contributed by atoms with Crippen molar-refractivity contribution in [2.24, 2.45) is 0 Å². The van der Waals surface area contributed by atoms with E-state index in [9.17, 15) is 5.11 Å². The number of piperazine rings is 1. The molecule has 0 bridgehead atoms. The zero-order valence-electron chi connectivity index (χ0n) is 13.3. The van der Waals surface area contributed by atoms with Crippen LogP contribution in [-0.4, -0.2) is 64.2 Å². The normalized spacial score (nSPS) is 25.5. The Bertz CT molecular complexity index is 391. The lowest BCUT2D eigenvalue weighted by Gasteiger charge is -2.28. The Labute approximate surface area is 128 Å². The second-order valence-electron chi connectivity index (χ2n) is 6.41. The number of quaternary nitrogens is 2. The molecule has 118 valence electrons. The minimum absolute atomic E-state index is 0.346. The monoisotopic (exact) mass is 294 g/mol. The molecule has 0 unspecified atom stereocenters. The van der Waals surface area contributed by atoms with E-state index in [0.717, 1.165) is 19.6 Å². The second kappa shape index (κ2) is 8.49. The van der Waals surface area contributed by atoms with Crippen molar-refractivity contribution < 1.29 is 19.6 Å². The van der Waals surface area contributed by atoms with E-state index in [-0.39, 0.29) is 6.10 Å². The van der Waals surface area contributed by atoms with Crippen molar-refractivity contribution in [2.75, 3.05) is 53.0 Å². The van der Waals surface area contributed by atoms with Gasteiger partial charge in [0, 0.05) is 5.92 Å². The molecule has 0 spiro atoms. The van der Waals surface area contributed by atoms with Crippen LogP contribution in [-0.2, 0) is 4.74 Å². The van der Waals surface area contributed by atoms with Crippen LogP contribution in [0.4, 0.5) is 0 Å². The van der Waals surface area contributed by atoms with Crippen molar-refractivity contribution in [3.63, 3.8) is 0 Å². The number of aliphatic hydroxyl groups excluding tert-OH is 1. The van der Waals surface area contributed by atoms with Crippen LogP contribution in [0, 0.1) is 0 Å². The molecule has 0 aromatic heterocycles. The maximum absolute atomic E-state index is 10.1. The summed E-state index contributed by atoms with van der Waals surface area (Å²) in [6.07, 6.45) is -0.346. The molecule has 1 fully saturated rings. The van der Waals surface area contributed by atoms with Crippen molar-refractivity contribution in [3.05, 3.63) is 35.9 Å². The Hall–Kier alpha value is -0.940. The molecule has 0 amide bonds. The lowest BCUT2D eigenvalue weighted by molar-refractivity contribution is -1.00. The van der Waals surface area contributed by atoms with E-state index in [1.54, 1.807) is 4.90 Å². The minimum atomic E-state index is -0.346. The van der Waals surface area contributed by atoms with Crippen molar-refractivity contribution in [1.82, 2.24) is 0 Å². The van der Waals surface area contributed by atoms with Gasteiger partial charge in [-0.1, -0.05) is 37.3 Å². The van der Waals surface area contributed by atoms with E-state index in [1.165, 1.54) is 23.6 Å². The van der Waals surface area contributed by atoms with Crippen molar-refractivity contribution in [3.8, 4) is 0 Å². The molecule has 3 N–H and O–H groups in total. The molecular formula is C17H30N2O2+2. The largest absolute Gasteiger partial charge is 0.385 e. The van der Waals surface area contributed by atoms with Gasteiger partial charge in [-0.05, 0) is 5.56 Å². The third-order valence-electron chi connectivity index (χ3n) is 4.38. The first-order chi connectivity index (χ1) is 10.1. The van der Waals surface area contributed by atoms with Gasteiger partial charge in [0.25, 0.3) is 0 Å². The highest BCUT2D eigenvalue weighted by Crippen LogP contribution is 2.14. The second-order valence-corrected chi connectivity index (χ2v) is 6.41. The molecule has 0 radical (unpaired) electrons. The number of benzene rings is 1. The van der Waals surface area contributed by atoms with Crippen LogP contribution in [0.5, 0.6) is 0 Å². The average Bonchev–Trinajstić information content (AvgIpc) is 2.50. The summed E-state index contributed by atoms with van der Waals surface area (Å²) < 4.78 is 5.71. The Kier molecular flexibility index (Phi) is 6.64. The molecule has 1 aliphatic heterocycles. The molecule has 0 aliphatic carbocycles. The fraction of sp³-hybridized carbons (Fsp3) is 0.647. The highest BCUT2D eigenvalue weighted by molar-refractivity contribution is 5.18. The first-order valence-electron chi connectivity index (χ1n) is 8.10. The van der Waals surface area contributed by atoms with Gasteiger partial charge in [0.15, 0.2) is 0 Å². The van der Waals surface area contributed by atoms with Gasteiger partial charge < -0.3 is 19.6 Å². The topological polar surface area (TPSA) is 38.3 Å². The van der Waals surface area contributed by atoms with E-state index in [4.69, 9.17) is 4.74 Å². The lowest BCUT2D eigenvalue weighted by Crippen LogP contribution is -3.27. The number of nitrogens with one attached hydrogen (secondary N) is 2. The van der Waals surface area contributed by atoms with Crippen LogP contribution < -0.4 is 9.80 Å². The highest BCUT2D eigenvalue weighted by atomic mass is 16.5. The first kappa shape index (κ1) is 16.4. The van der Waals surface area contributed by atoms with Crippen LogP contribution in [0.1, 0.15) is 18.4 Å². The molecule has 1 heterocycles. The molecule has 0 saturated carbocycles. The van der Waals surface area contributed by atoms with Gasteiger partial charge in [0.2, 0.25) is 0 Å². The smallest absolute Gasteiger partial charge is 0.127 e. The molecule has 1 aliphatic rings. The third kappa shape index (κ3) is 5.75. The van der Waals surface area contributed by atoms with E-state index < -0.39 is 0 Å². The number of ether oxygens (including phenoxy) is 1. The van der Waals surface area contributed by atoms with E-state index >= 15 is 0 Å². The van der Waals surface area contributed by atoms with Gasteiger partial charge >= 0.3 is 0 Å². The zero-order chi connectivity index (χ0) is 15.1. The Morgan fingerprint density at radius 2 is 1.76 bits per heavy atom. The van der Waals surface area contributed by atoms with Gasteiger partial charge in [-0.25, -0.2) is 0 Å². The van der Waals surface area contributed by atoms with E-state index in [1.807, 2.05) is 6.07 Å². The summed E-state index contributed by atoms with van der Waals surface area (Å²) in [5.74, 6) is 0.373. The Morgan fingerprint density at radius 3 is 2.43 bits per heavy atom. The van der Waals surface area contributed by atoms with Gasteiger partial charge in [-0.3, -0.25) is 0 Å². The molecule has 4 heteroatoms. The summed E-state index contributed by atoms with van der Waals surface area (Å²) >= 11 is 0. The van der Waals surface area contributed by atoms with Gasteiger partial charge in [0.1, 0.15) is 38.8 Å².